The van der Waals surface area contributed by atoms with Gasteiger partial charge in [-0.2, -0.15) is 0 Å². The van der Waals surface area contributed by atoms with Crippen molar-refractivity contribution < 1.29 is 13.2 Å². The number of hydrogen-bond acceptors (Lipinski definition) is 5. The van der Waals surface area contributed by atoms with E-state index < -0.39 is 10.0 Å². The van der Waals surface area contributed by atoms with Gasteiger partial charge >= 0.3 is 0 Å². The molecule has 0 aliphatic rings. The van der Waals surface area contributed by atoms with Crippen LogP contribution < -0.4 is 10.0 Å². The molecule has 0 fully saturated rings. The summed E-state index contributed by atoms with van der Waals surface area (Å²) in [6.07, 6.45) is 0. The van der Waals surface area contributed by atoms with E-state index in [2.05, 4.69) is 15.0 Å². The lowest BCUT2D eigenvalue weighted by molar-refractivity contribution is 0.0959. The number of benzene rings is 2. The maximum Gasteiger partial charge on any atom is 0.263 e. The Kier molecular flexibility index (Phi) is 6.56. The summed E-state index contributed by atoms with van der Waals surface area (Å²) in [5.74, 6) is -0.495. The number of rotatable bonds is 8. The van der Waals surface area contributed by atoms with Gasteiger partial charge in [-0.25, -0.2) is 18.1 Å². The molecule has 1 heterocycles. The van der Waals surface area contributed by atoms with Gasteiger partial charge in [-0.05, 0) is 12.5 Å². The van der Waals surface area contributed by atoms with Crippen molar-refractivity contribution in [2.24, 2.45) is 0 Å². The summed E-state index contributed by atoms with van der Waals surface area (Å²) in [4.78, 5) is 17.4. The molecule has 3 rings (SSSR count). The molecule has 6 nitrogen and oxygen atoms in total. The number of hydrogen-bond donors (Lipinski definition) is 2. The maximum atomic E-state index is 12.4. The van der Waals surface area contributed by atoms with Crippen molar-refractivity contribution in [1.29, 1.82) is 0 Å². The van der Waals surface area contributed by atoms with Crippen LogP contribution in [0.5, 0.6) is 0 Å². The van der Waals surface area contributed by atoms with E-state index >= 15 is 0 Å². The van der Waals surface area contributed by atoms with Crippen LogP contribution in [-0.4, -0.2) is 31.6 Å². The zero-order valence-corrected chi connectivity index (χ0v) is 17.0. The van der Waals surface area contributed by atoms with E-state index in [4.69, 9.17) is 0 Å². The lowest BCUT2D eigenvalue weighted by atomic mass is 10.2. The van der Waals surface area contributed by atoms with Crippen LogP contribution in [-0.2, 0) is 16.6 Å². The molecule has 146 valence electrons. The van der Waals surface area contributed by atoms with Crippen molar-refractivity contribution in [2.45, 2.75) is 13.5 Å². The van der Waals surface area contributed by atoms with Crippen LogP contribution in [0.1, 0.15) is 20.9 Å². The summed E-state index contributed by atoms with van der Waals surface area (Å²) in [5, 5.41) is 3.44. The van der Waals surface area contributed by atoms with E-state index in [1.54, 1.807) is 6.92 Å². The lowest BCUT2D eigenvalue weighted by Crippen LogP contribution is -2.34. The molecule has 2 N–H and O–H groups in total. The molecule has 1 aromatic heterocycles. The van der Waals surface area contributed by atoms with Crippen LogP contribution in [0.25, 0.3) is 10.6 Å². The summed E-state index contributed by atoms with van der Waals surface area (Å²) < 4.78 is 26.7. The van der Waals surface area contributed by atoms with E-state index in [0.29, 0.717) is 10.6 Å². The maximum absolute atomic E-state index is 12.4. The Morgan fingerprint density at radius 2 is 1.68 bits per heavy atom. The first-order valence-corrected chi connectivity index (χ1v) is 11.2. The number of sulfonamides is 1. The minimum Gasteiger partial charge on any atom is -0.350 e. The highest BCUT2D eigenvalue weighted by Gasteiger charge is 2.17. The highest BCUT2D eigenvalue weighted by molar-refractivity contribution is 7.89. The van der Waals surface area contributed by atoms with E-state index in [9.17, 15) is 13.2 Å². The Morgan fingerprint density at radius 3 is 2.36 bits per heavy atom. The van der Waals surface area contributed by atoms with Crippen LogP contribution in [0.15, 0.2) is 60.7 Å². The minimum absolute atomic E-state index is 0.0287. The average molecular weight is 416 g/mol. The molecule has 3 aromatic rings. The molecule has 8 heteroatoms. The second-order valence-corrected chi connectivity index (χ2v) is 9.11. The molecule has 28 heavy (non-hydrogen) atoms. The zero-order chi connectivity index (χ0) is 20.0. The van der Waals surface area contributed by atoms with Gasteiger partial charge in [-0.15, -0.1) is 11.3 Å². The van der Waals surface area contributed by atoms with Crippen molar-refractivity contribution in [2.75, 3.05) is 12.3 Å². The van der Waals surface area contributed by atoms with Crippen LogP contribution in [0.4, 0.5) is 0 Å². The number of nitrogens with zero attached hydrogens (tertiary/aromatic N) is 1. The number of carbonyl (C=O) groups excluding carboxylic acids is 1. The molecule has 0 unspecified atom stereocenters. The predicted octanol–water partition coefficient (Wildman–Crippen LogP) is 2.97. The first-order chi connectivity index (χ1) is 13.4. The van der Waals surface area contributed by atoms with Gasteiger partial charge in [0.05, 0.1) is 11.4 Å². The monoisotopic (exact) mass is 415 g/mol. The van der Waals surface area contributed by atoms with Crippen LogP contribution in [0.2, 0.25) is 0 Å². The van der Waals surface area contributed by atoms with Crippen LogP contribution in [0.3, 0.4) is 0 Å². The van der Waals surface area contributed by atoms with Crippen LogP contribution in [0, 0.1) is 6.92 Å². The van der Waals surface area contributed by atoms with Gasteiger partial charge in [0.2, 0.25) is 10.0 Å². The van der Waals surface area contributed by atoms with E-state index in [1.807, 2.05) is 60.7 Å². The molecule has 0 saturated carbocycles. The lowest BCUT2D eigenvalue weighted by Gasteiger charge is -2.08. The highest BCUT2D eigenvalue weighted by atomic mass is 32.2. The van der Waals surface area contributed by atoms with E-state index in [0.717, 1.165) is 16.1 Å². The predicted molar refractivity (Wildman–Crippen MR) is 112 cm³/mol. The first-order valence-electron chi connectivity index (χ1n) is 8.77. The minimum atomic E-state index is -3.48. The standard InChI is InChI=1S/C20H21N3O3S2/c1-15-18(27-20(23-15)17-10-6-3-7-11-17)19(24)21-12-13-28(25,26)22-14-16-8-4-2-5-9-16/h2-11,22H,12-14H2,1H3,(H,21,24). The largest absolute Gasteiger partial charge is 0.350 e. The third kappa shape index (κ3) is 5.48. The smallest absolute Gasteiger partial charge is 0.263 e. The summed E-state index contributed by atoms with van der Waals surface area (Å²) in [6, 6.07) is 18.9. The molecule has 0 saturated heterocycles. The van der Waals surface area contributed by atoms with Gasteiger partial charge in [-0.3, -0.25) is 4.79 Å². The first kappa shape index (κ1) is 20.2. The second-order valence-electron chi connectivity index (χ2n) is 6.18. The fraction of sp³-hybridized carbons (Fsp3) is 0.200. The third-order valence-corrected chi connectivity index (χ3v) is 6.55. The Bertz CT molecular complexity index is 1030. The summed E-state index contributed by atoms with van der Waals surface area (Å²) >= 11 is 1.30. The Hall–Kier alpha value is -2.55. The highest BCUT2D eigenvalue weighted by Crippen LogP contribution is 2.27. The van der Waals surface area contributed by atoms with Crippen molar-refractivity contribution in [3.8, 4) is 10.6 Å². The van der Waals surface area contributed by atoms with Gasteiger partial charge in [0.25, 0.3) is 5.91 Å². The number of aryl methyl sites for hydroxylation is 1. The Balaban J connectivity index is 1.53. The Morgan fingerprint density at radius 1 is 1.04 bits per heavy atom. The number of carbonyl (C=O) groups is 1. The van der Waals surface area contributed by atoms with Gasteiger partial charge in [0.1, 0.15) is 9.88 Å². The van der Waals surface area contributed by atoms with Gasteiger partial charge in [0, 0.05) is 18.7 Å². The quantitative estimate of drug-likeness (QED) is 0.592. The van der Waals surface area contributed by atoms with Crippen LogP contribution >= 0.6 is 11.3 Å². The van der Waals surface area contributed by atoms with Gasteiger partial charge in [0.15, 0.2) is 0 Å². The molecule has 0 aliphatic carbocycles. The van der Waals surface area contributed by atoms with E-state index in [1.165, 1.54) is 11.3 Å². The average Bonchev–Trinajstić information content (AvgIpc) is 3.10. The molecule has 0 spiro atoms. The van der Waals surface area contributed by atoms with Crippen molar-refractivity contribution in [1.82, 2.24) is 15.0 Å². The topological polar surface area (TPSA) is 88.2 Å². The molecular formula is C20H21N3O3S2. The van der Waals surface area contributed by atoms with Crippen molar-refractivity contribution in [3.63, 3.8) is 0 Å². The third-order valence-electron chi connectivity index (χ3n) is 4.02. The van der Waals surface area contributed by atoms with Crippen molar-refractivity contribution >= 4 is 27.3 Å². The molecule has 0 atom stereocenters. The molecule has 0 aliphatic heterocycles. The molecule has 0 bridgehead atoms. The molecular weight excluding hydrogens is 394 g/mol. The number of thiazole rings is 1. The molecule has 0 radical (unpaired) electrons. The SMILES string of the molecule is Cc1nc(-c2ccccc2)sc1C(=O)NCCS(=O)(=O)NCc1ccccc1. The summed E-state index contributed by atoms with van der Waals surface area (Å²) in [7, 11) is -3.48. The normalized spacial score (nSPS) is 11.3. The Labute approximate surface area is 168 Å². The number of amides is 1. The number of aromatic nitrogens is 1. The summed E-state index contributed by atoms with van der Waals surface area (Å²) in [6.45, 7) is 2.03. The van der Waals surface area contributed by atoms with Gasteiger partial charge < -0.3 is 5.32 Å². The van der Waals surface area contributed by atoms with E-state index in [-0.39, 0.29) is 24.7 Å². The number of nitrogens with one attached hydrogen (secondary N) is 2. The van der Waals surface area contributed by atoms with Gasteiger partial charge in [-0.1, -0.05) is 60.7 Å². The molecule has 1 amide bonds. The van der Waals surface area contributed by atoms with Crippen molar-refractivity contribution in [3.05, 3.63) is 76.8 Å². The fourth-order valence-electron chi connectivity index (χ4n) is 2.55. The zero-order valence-electron chi connectivity index (χ0n) is 15.4. The molecule has 2 aromatic carbocycles. The second kappa shape index (κ2) is 9.09. The summed E-state index contributed by atoms with van der Waals surface area (Å²) in [5.41, 5.74) is 2.46. The fourth-order valence-corrected chi connectivity index (χ4v) is 4.44.